The van der Waals surface area contributed by atoms with Crippen molar-refractivity contribution in [3.05, 3.63) is 0 Å². The van der Waals surface area contributed by atoms with Crippen molar-refractivity contribution >= 4 is 0 Å². The van der Waals surface area contributed by atoms with Crippen LogP contribution in [0.4, 0.5) is 17.6 Å². The van der Waals surface area contributed by atoms with Crippen molar-refractivity contribution in [3.8, 4) is 0 Å². The van der Waals surface area contributed by atoms with E-state index in [0.29, 0.717) is 6.42 Å². The summed E-state index contributed by atoms with van der Waals surface area (Å²) in [5.41, 5.74) is 3.58. The van der Waals surface area contributed by atoms with Gasteiger partial charge in [0.15, 0.2) is 0 Å². The predicted octanol–water partition coefficient (Wildman–Crippen LogP) is 3.19. The maximum Gasteiger partial charge on any atom is 0.389 e. The van der Waals surface area contributed by atoms with E-state index in [0.717, 1.165) is 0 Å². The van der Waals surface area contributed by atoms with Crippen molar-refractivity contribution in [2.45, 2.75) is 50.9 Å². The van der Waals surface area contributed by atoms with Gasteiger partial charge in [-0.1, -0.05) is 13.3 Å². The van der Waals surface area contributed by atoms with Gasteiger partial charge < -0.3 is 5.73 Å². The molecule has 0 aromatic rings. The maximum atomic E-state index is 13.6. The number of hydrogen-bond acceptors (Lipinski definition) is 1. The van der Waals surface area contributed by atoms with Crippen LogP contribution in [0.25, 0.3) is 0 Å². The summed E-state index contributed by atoms with van der Waals surface area (Å²) in [6, 6.07) is 0. The lowest BCUT2D eigenvalue weighted by Gasteiger charge is -2.23. The van der Waals surface area contributed by atoms with Crippen LogP contribution in [0, 0.1) is 0 Å². The fourth-order valence-electron chi connectivity index (χ4n) is 1.38. The predicted molar refractivity (Wildman–Crippen MR) is 47.7 cm³/mol. The van der Waals surface area contributed by atoms with Gasteiger partial charge in [-0.3, -0.25) is 0 Å². The van der Waals surface area contributed by atoms with Gasteiger partial charge in [0.1, 0.15) is 5.67 Å². The summed E-state index contributed by atoms with van der Waals surface area (Å²) >= 11 is 0. The SMILES string of the molecule is CCCC(F)(CN)CCCC(F)(F)F. The third-order valence-corrected chi connectivity index (χ3v) is 2.15. The molecule has 2 N–H and O–H groups in total. The highest BCUT2D eigenvalue weighted by atomic mass is 19.4. The van der Waals surface area contributed by atoms with Gasteiger partial charge in [-0.15, -0.1) is 0 Å². The summed E-state index contributed by atoms with van der Waals surface area (Å²) in [6.45, 7) is 1.59. The van der Waals surface area contributed by atoms with Gasteiger partial charge in [-0.05, 0) is 19.3 Å². The van der Waals surface area contributed by atoms with E-state index < -0.39 is 18.3 Å². The van der Waals surface area contributed by atoms with Crippen molar-refractivity contribution in [3.63, 3.8) is 0 Å². The molecule has 0 aliphatic carbocycles. The summed E-state index contributed by atoms with van der Waals surface area (Å²) in [6.07, 6.45) is -4.57. The van der Waals surface area contributed by atoms with Gasteiger partial charge in [-0.2, -0.15) is 13.2 Å². The third kappa shape index (κ3) is 6.18. The lowest BCUT2D eigenvalue weighted by Crippen LogP contribution is -2.33. The molecule has 0 aromatic heterocycles. The zero-order valence-electron chi connectivity index (χ0n) is 8.33. The van der Waals surface area contributed by atoms with Crippen LogP contribution in [0.15, 0.2) is 0 Å². The molecule has 0 aliphatic rings. The van der Waals surface area contributed by atoms with E-state index >= 15 is 0 Å². The quantitative estimate of drug-likeness (QED) is 0.676. The number of alkyl halides is 4. The van der Waals surface area contributed by atoms with Crippen molar-refractivity contribution in [1.82, 2.24) is 0 Å². The minimum absolute atomic E-state index is 0.100. The molecular formula is C9H17F4N. The number of hydrogen-bond donors (Lipinski definition) is 1. The Bertz CT molecular complexity index is 157. The van der Waals surface area contributed by atoms with E-state index in [9.17, 15) is 17.6 Å². The molecule has 1 atom stereocenters. The van der Waals surface area contributed by atoms with E-state index in [1.54, 1.807) is 6.92 Å². The molecule has 0 saturated carbocycles. The van der Waals surface area contributed by atoms with Crippen LogP contribution in [0.2, 0.25) is 0 Å². The molecule has 0 spiro atoms. The first kappa shape index (κ1) is 13.7. The molecule has 0 radical (unpaired) electrons. The average Bonchev–Trinajstić information content (AvgIpc) is 2.02. The normalized spacial score (nSPS) is 16.7. The zero-order valence-corrected chi connectivity index (χ0v) is 8.33. The summed E-state index contributed by atoms with van der Waals surface area (Å²) in [4.78, 5) is 0. The molecule has 0 bridgehead atoms. The largest absolute Gasteiger partial charge is 0.389 e. The molecule has 0 aliphatic heterocycles. The standard InChI is InChI=1S/C9H17F4N/c1-2-4-8(10,7-14)5-3-6-9(11,12)13/h2-7,14H2,1H3. The molecule has 0 aromatic carbocycles. The van der Waals surface area contributed by atoms with Gasteiger partial charge in [0, 0.05) is 13.0 Å². The lowest BCUT2D eigenvalue weighted by atomic mass is 9.94. The molecule has 1 unspecified atom stereocenters. The van der Waals surface area contributed by atoms with Crippen molar-refractivity contribution < 1.29 is 17.6 Å². The highest BCUT2D eigenvalue weighted by Gasteiger charge is 2.31. The Morgan fingerprint density at radius 3 is 1.93 bits per heavy atom. The fraction of sp³-hybridized carbons (Fsp3) is 1.00. The molecular weight excluding hydrogens is 198 g/mol. The van der Waals surface area contributed by atoms with E-state index in [1.165, 1.54) is 0 Å². The Morgan fingerprint density at radius 2 is 1.57 bits per heavy atom. The summed E-state index contributed by atoms with van der Waals surface area (Å²) < 4.78 is 48.9. The Morgan fingerprint density at radius 1 is 1.00 bits per heavy atom. The molecule has 0 saturated heterocycles. The average molecular weight is 215 g/mol. The minimum atomic E-state index is -4.19. The summed E-state index contributed by atoms with van der Waals surface area (Å²) in [5.74, 6) is 0. The number of nitrogens with two attached hydrogens (primary N) is 1. The molecule has 1 nitrogen and oxygen atoms in total. The van der Waals surface area contributed by atoms with Gasteiger partial charge >= 0.3 is 6.18 Å². The van der Waals surface area contributed by atoms with Crippen LogP contribution in [0.3, 0.4) is 0 Å². The fourth-order valence-corrected chi connectivity index (χ4v) is 1.38. The molecule has 0 amide bonds. The molecule has 0 heterocycles. The second-order valence-corrected chi connectivity index (χ2v) is 3.57. The lowest BCUT2D eigenvalue weighted by molar-refractivity contribution is -0.136. The second kappa shape index (κ2) is 5.53. The van der Waals surface area contributed by atoms with Crippen LogP contribution in [-0.4, -0.2) is 18.4 Å². The van der Waals surface area contributed by atoms with Gasteiger partial charge in [0.2, 0.25) is 0 Å². The molecule has 5 heteroatoms. The van der Waals surface area contributed by atoms with Crippen LogP contribution in [-0.2, 0) is 0 Å². The maximum absolute atomic E-state index is 13.6. The van der Waals surface area contributed by atoms with Crippen molar-refractivity contribution in [2.75, 3.05) is 6.54 Å². The highest BCUT2D eigenvalue weighted by molar-refractivity contribution is 4.79. The Balaban J connectivity index is 3.84. The molecule has 0 fully saturated rings. The van der Waals surface area contributed by atoms with E-state index in [2.05, 4.69) is 0 Å². The molecule has 86 valence electrons. The third-order valence-electron chi connectivity index (χ3n) is 2.15. The van der Waals surface area contributed by atoms with Gasteiger partial charge in [-0.25, -0.2) is 4.39 Å². The monoisotopic (exact) mass is 215 g/mol. The van der Waals surface area contributed by atoms with Crippen LogP contribution >= 0.6 is 0 Å². The smallest absolute Gasteiger partial charge is 0.328 e. The van der Waals surface area contributed by atoms with E-state index in [4.69, 9.17) is 5.73 Å². The zero-order chi connectivity index (χ0) is 11.2. The summed E-state index contributed by atoms with van der Waals surface area (Å²) in [7, 11) is 0. The number of rotatable bonds is 6. The van der Waals surface area contributed by atoms with Gasteiger partial charge in [0.05, 0.1) is 0 Å². The minimum Gasteiger partial charge on any atom is -0.328 e. The second-order valence-electron chi connectivity index (χ2n) is 3.57. The summed E-state index contributed by atoms with van der Waals surface area (Å²) in [5, 5.41) is 0. The first-order valence-corrected chi connectivity index (χ1v) is 4.79. The Hall–Kier alpha value is -0.320. The molecule has 14 heavy (non-hydrogen) atoms. The first-order chi connectivity index (χ1) is 6.33. The Labute approximate surface area is 81.7 Å². The first-order valence-electron chi connectivity index (χ1n) is 4.79. The van der Waals surface area contributed by atoms with Crippen molar-refractivity contribution in [2.24, 2.45) is 5.73 Å². The van der Waals surface area contributed by atoms with Crippen molar-refractivity contribution in [1.29, 1.82) is 0 Å². The van der Waals surface area contributed by atoms with Crippen LogP contribution in [0.1, 0.15) is 39.0 Å². The highest BCUT2D eigenvalue weighted by Crippen LogP contribution is 2.28. The van der Waals surface area contributed by atoms with Crippen LogP contribution in [0.5, 0.6) is 0 Å². The van der Waals surface area contributed by atoms with Crippen LogP contribution < -0.4 is 5.73 Å². The molecule has 0 rings (SSSR count). The Kier molecular flexibility index (Phi) is 5.41. The van der Waals surface area contributed by atoms with E-state index in [-0.39, 0.29) is 25.8 Å². The topological polar surface area (TPSA) is 26.0 Å². The van der Waals surface area contributed by atoms with Gasteiger partial charge in [0.25, 0.3) is 0 Å². The van der Waals surface area contributed by atoms with E-state index in [1.807, 2.05) is 0 Å². The number of halogens is 4.